The summed E-state index contributed by atoms with van der Waals surface area (Å²) in [4.78, 5) is 12.0. The van der Waals surface area contributed by atoms with Gasteiger partial charge in [-0.1, -0.05) is 0 Å². The molecule has 1 fully saturated rings. The predicted molar refractivity (Wildman–Crippen MR) is 36.7 cm³/mol. The van der Waals surface area contributed by atoms with Gasteiger partial charge in [-0.15, -0.1) is 0 Å². The molecule has 0 spiro atoms. The molecule has 0 radical (unpaired) electrons. The Kier molecular flexibility index (Phi) is 4.88. The van der Waals surface area contributed by atoms with Crippen LogP contribution >= 0.6 is 0 Å². The van der Waals surface area contributed by atoms with Crippen molar-refractivity contribution in [2.75, 3.05) is 13.2 Å². The van der Waals surface area contributed by atoms with Crippen LogP contribution < -0.4 is 56.5 Å². The summed E-state index contributed by atoms with van der Waals surface area (Å²) in [5.41, 5.74) is -0.426. The molecule has 2 atom stereocenters. The minimum Gasteiger partial charge on any atom is -0.548 e. The molecule has 1 heterocycles. The molecular formula is C7H12KNO3. The van der Waals surface area contributed by atoms with Crippen LogP contribution in [0.2, 0.25) is 0 Å². The largest absolute Gasteiger partial charge is 1.00 e. The van der Waals surface area contributed by atoms with Crippen LogP contribution in [0, 0.1) is 0 Å². The van der Waals surface area contributed by atoms with Gasteiger partial charge in [0.2, 0.25) is 0 Å². The van der Waals surface area contributed by atoms with Crippen LogP contribution in [0.4, 0.5) is 0 Å². The van der Waals surface area contributed by atoms with Gasteiger partial charge in [-0.2, -0.15) is 0 Å². The molecule has 0 bridgehead atoms. The van der Waals surface area contributed by atoms with E-state index in [1.165, 1.54) is 0 Å². The van der Waals surface area contributed by atoms with Gasteiger partial charge in [0, 0.05) is 12.1 Å². The molecule has 0 amide bonds. The second-order valence-electron chi connectivity index (χ2n) is 3.46. The zero-order valence-electron chi connectivity index (χ0n) is 7.70. The first-order chi connectivity index (χ1) is 4.99. The summed E-state index contributed by atoms with van der Waals surface area (Å²) in [7, 11) is 0. The van der Waals surface area contributed by atoms with E-state index in [1.807, 2.05) is 0 Å². The molecule has 1 aliphatic heterocycles. The maximum Gasteiger partial charge on any atom is 1.00 e. The third-order valence-corrected chi connectivity index (χ3v) is 2.05. The third-order valence-electron chi connectivity index (χ3n) is 2.05. The second kappa shape index (κ2) is 4.50. The minimum absolute atomic E-state index is 0. The summed E-state index contributed by atoms with van der Waals surface area (Å²) >= 11 is 0. The standard InChI is InChI=1S/C7H13NO3.K/c1-7(2,4-9)8-3-5(8)6(10)11;/h5,9H,3-4H2,1-2H3,(H,10,11);/q;+1/p-1. The first-order valence-electron chi connectivity index (χ1n) is 3.57. The fourth-order valence-electron chi connectivity index (χ4n) is 1.10. The van der Waals surface area contributed by atoms with Crippen molar-refractivity contribution in [1.82, 2.24) is 4.90 Å². The topological polar surface area (TPSA) is 63.4 Å². The number of carbonyl (C=O) groups is 1. The Morgan fingerprint density at radius 2 is 2.25 bits per heavy atom. The van der Waals surface area contributed by atoms with Crippen LogP contribution in [0.5, 0.6) is 0 Å². The number of hydrogen-bond acceptors (Lipinski definition) is 4. The maximum atomic E-state index is 10.3. The average Bonchev–Trinajstić information content (AvgIpc) is 2.65. The number of carboxylic acids is 1. The van der Waals surface area contributed by atoms with E-state index in [9.17, 15) is 9.90 Å². The number of carboxylic acid groups (broad SMARTS) is 1. The molecule has 1 N–H and O–H groups in total. The van der Waals surface area contributed by atoms with Crippen molar-refractivity contribution < 1.29 is 66.4 Å². The van der Waals surface area contributed by atoms with Gasteiger partial charge in [0.15, 0.2) is 0 Å². The van der Waals surface area contributed by atoms with Gasteiger partial charge in [-0.3, -0.25) is 4.90 Å². The molecule has 12 heavy (non-hydrogen) atoms. The van der Waals surface area contributed by atoms with Gasteiger partial charge in [0.1, 0.15) is 0 Å². The van der Waals surface area contributed by atoms with Crippen molar-refractivity contribution in [1.29, 1.82) is 0 Å². The first-order valence-corrected chi connectivity index (χ1v) is 3.57. The number of aliphatic carboxylic acids is 1. The first kappa shape index (κ1) is 13.0. The quantitative estimate of drug-likeness (QED) is 0.364. The SMILES string of the molecule is CC(C)(CO)N1CC1C(=O)[O-].[K+]. The van der Waals surface area contributed by atoms with Crippen LogP contribution in [0.15, 0.2) is 0 Å². The monoisotopic (exact) mass is 197 g/mol. The summed E-state index contributed by atoms with van der Waals surface area (Å²) in [5, 5.41) is 19.1. The molecule has 1 rings (SSSR count). The van der Waals surface area contributed by atoms with Gasteiger partial charge in [-0.25, -0.2) is 0 Å². The zero-order valence-corrected chi connectivity index (χ0v) is 10.8. The molecule has 0 aromatic rings. The summed E-state index contributed by atoms with van der Waals surface area (Å²) in [5.74, 6) is -1.05. The normalized spacial score (nSPS) is 27.6. The van der Waals surface area contributed by atoms with E-state index >= 15 is 0 Å². The van der Waals surface area contributed by atoms with Crippen molar-refractivity contribution in [2.24, 2.45) is 0 Å². The van der Waals surface area contributed by atoms with Crippen LogP contribution in [-0.2, 0) is 4.79 Å². The molecule has 0 aromatic heterocycles. The third kappa shape index (κ3) is 2.76. The number of nitrogens with zero attached hydrogens (tertiary/aromatic N) is 1. The Labute approximate surface area is 114 Å². The van der Waals surface area contributed by atoms with E-state index < -0.39 is 17.6 Å². The molecule has 5 heteroatoms. The number of hydrogen-bond donors (Lipinski definition) is 1. The zero-order chi connectivity index (χ0) is 8.65. The number of carbonyl (C=O) groups excluding carboxylic acids is 1. The van der Waals surface area contributed by atoms with Crippen molar-refractivity contribution in [3.05, 3.63) is 0 Å². The number of aliphatic hydroxyl groups is 1. The molecule has 1 aliphatic rings. The van der Waals surface area contributed by atoms with Crippen molar-refractivity contribution in [2.45, 2.75) is 25.4 Å². The van der Waals surface area contributed by atoms with Crippen LogP contribution in [0.3, 0.4) is 0 Å². The minimum atomic E-state index is -1.05. The molecule has 4 nitrogen and oxygen atoms in total. The van der Waals surface area contributed by atoms with Gasteiger partial charge >= 0.3 is 51.4 Å². The van der Waals surface area contributed by atoms with Gasteiger partial charge in [-0.05, 0) is 13.8 Å². The Morgan fingerprint density at radius 1 is 1.75 bits per heavy atom. The fraction of sp³-hybridized carbons (Fsp3) is 0.857. The van der Waals surface area contributed by atoms with E-state index in [-0.39, 0.29) is 58.0 Å². The van der Waals surface area contributed by atoms with Crippen LogP contribution in [0.25, 0.3) is 0 Å². The number of aliphatic hydroxyl groups excluding tert-OH is 1. The van der Waals surface area contributed by atoms with E-state index in [0.717, 1.165) is 0 Å². The summed E-state index contributed by atoms with van der Waals surface area (Å²) < 4.78 is 0. The van der Waals surface area contributed by atoms with Gasteiger partial charge < -0.3 is 15.0 Å². The Morgan fingerprint density at radius 3 is 2.50 bits per heavy atom. The molecule has 0 saturated carbocycles. The van der Waals surface area contributed by atoms with Gasteiger partial charge in [0.05, 0.1) is 18.6 Å². The summed E-state index contributed by atoms with van der Waals surface area (Å²) in [6.07, 6.45) is 0. The van der Waals surface area contributed by atoms with E-state index in [2.05, 4.69) is 0 Å². The molecular weight excluding hydrogens is 185 g/mol. The average molecular weight is 197 g/mol. The Balaban J connectivity index is 0.00000121. The Hall–Kier alpha value is 1.03. The van der Waals surface area contributed by atoms with Crippen LogP contribution in [0.1, 0.15) is 13.8 Å². The second-order valence-corrected chi connectivity index (χ2v) is 3.46. The van der Waals surface area contributed by atoms with Crippen molar-refractivity contribution >= 4 is 5.97 Å². The van der Waals surface area contributed by atoms with E-state index in [1.54, 1.807) is 18.7 Å². The van der Waals surface area contributed by atoms with E-state index in [0.29, 0.717) is 6.54 Å². The molecule has 0 aliphatic carbocycles. The Bertz CT molecular complexity index is 183. The van der Waals surface area contributed by atoms with Crippen molar-refractivity contribution in [3.63, 3.8) is 0 Å². The van der Waals surface area contributed by atoms with Crippen molar-refractivity contribution in [3.8, 4) is 0 Å². The smallest absolute Gasteiger partial charge is 0.548 e. The maximum absolute atomic E-state index is 10.3. The fourth-order valence-corrected chi connectivity index (χ4v) is 1.10. The van der Waals surface area contributed by atoms with E-state index in [4.69, 9.17) is 5.11 Å². The number of rotatable bonds is 3. The van der Waals surface area contributed by atoms with Gasteiger partial charge in [0.25, 0.3) is 0 Å². The summed E-state index contributed by atoms with van der Waals surface area (Å²) in [6, 6.07) is -0.489. The molecule has 64 valence electrons. The van der Waals surface area contributed by atoms with Crippen LogP contribution in [-0.4, -0.2) is 40.7 Å². The summed E-state index contributed by atoms with van der Waals surface area (Å²) in [6.45, 7) is 4.07. The molecule has 2 unspecified atom stereocenters. The molecule has 0 aromatic carbocycles. The molecule has 1 saturated heterocycles. The predicted octanol–water partition coefficient (Wildman–Crippen LogP) is -4.80.